The quantitative estimate of drug-likeness (QED) is 0.583. The summed E-state index contributed by atoms with van der Waals surface area (Å²) in [7, 11) is -3.72. The molecule has 8 heteroatoms. The molecule has 0 spiro atoms. The van der Waals surface area contributed by atoms with E-state index in [1.54, 1.807) is 66.7 Å². The Balaban J connectivity index is 1.86. The van der Waals surface area contributed by atoms with E-state index in [-0.39, 0.29) is 42.1 Å². The van der Waals surface area contributed by atoms with E-state index < -0.39 is 9.84 Å². The lowest BCUT2D eigenvalue weighted by Gasteiger charge is -2.27. The molecule has 3 aromatic rings. The second-order valence-electron chi connectivity index (χ2n) is 6.89. The Morgan fingerprint density at radius 1 is 0.774 bits per heavy atom. The number of fused-ring (bicyclic) bond motifs is 1. The van der Waals surface area contributed by atoms with Crippen molar-refractivity contribution in [2.24, 2.45) is 0 Å². The number of nitrogens with zero attached hydrogens (tertiary/aromatic N) is 1. The fourth-order valence-electron chi connectivity index (χ4n) is 3.35. The monoisotopic (exact) mass is 457 g/mol. The van der Waals surface area contributed by atoms with Crippen molar-refractivity contribution in [3.8, 4) is 0 Å². The van der Waals surface area contributed by atoms with Gasteiger partial charge in [0.25, 0.3) is 5.91 Å². The summed E-state index contributed by atoms with van der Waals surface area (Å²) in [6.07, 6.45) is 0. The molecule has 3 aromatic carbocycles. The number of carbonyl (C=O) groups is 1. The van der Waals surface area contributed by atoms with Crippen LogP contribution >= 0.6 is 11.6 Å². The lowest BCUT2D eigenvalue weighted by Crippen LogP contribution is -2.32. The number of para-hydroxylation sites is 1. The van der Waals surface area contributed by atoms with Crippen molar-refractivity contribution in [1.82, 2.24) is 0 Å². The van der Waals surface area contributed by atoms with Crippen molar-refractivity contribution < 1.29 is 22.7 Å². The zero-order valence-electron chi connectivity index (χ0n) is 16.5. The lowest BCUT2D eigenvalue weighted by molar-refractivity contribution is -0.123. The number of hydrogen-bond donors (Lipinski definition) is 0. The molecule has 1 aliphatic rings. The van der Waals surface area contributed by atoms with Crippen molar-refractivity contribution in [3.63, 3.8) is 0 Å². The maximum atomic E-state index is 13.1. The van der Waals surface area contributed by atoms with Gasteiger partial charge in [-0.1, -0.05) is 41.9 Å². The Kier molecular flexibility index (Phi) is 6.38. The van der Waals surface area contributed by atoms with Crippen LogP contribution in [0.25, 0.3) is 0 Å². The van der Waals surface area contributed by atoms with E-state index in [1.165, 1.54) is 11.0 Å². The van der Waals surface area contributed by atoms with Gasteiger partial charge in [-0.15, -0.1) is 0 Å². The van der Waals surface area contributed by atoms with E-state index in [0.717, 1.165) is 0 Å². The van der Waals surface area contributed by atoms with Crippen LogP contribution in [-0.2, 0) is 30.7 Å². The normalized spacial score (nSPS) is 15.4. The number of sulfone groups is 1. The van der Waals surface area contributed by atoms with E-state index in [9.17, 15) is 13.2 Å². The topological polar surface area (TPSA) is 72.9 Å². The number of halogens is 1. The van der Waals surface area contributed by atoms with Crippen molar-refractivity contribution in [2.75, 3.05) is 24.7 Å². The van der Waals surface area contributed by atoms with Crippen molar-refractivity contribution in [2.45, 2.75) is 16.4 Å². The van der Waals surface area contributed by atoms with Gasteiger partial charge in [-0.2, -0.15) is 0 Å². The molecule has 0 aliphatic carbocycles. The molecule has 6 nitrogen and oxygen atoms in total. The van der Waals surface area contributed by atoms with Gasteiger partial charge in [-0.25, -0.2) is 8.42 Å². The lowest BCUT2D eigenvalue weighted by atomic mass is 10.1. The van der Waals surface area contributed by atoms with Gasteiger partial charge in [0.2, 0.25) is 9.84 Å². The summed E-state index contributed by atoms with van der Waals surface area (Å²) in [4.78, 5) is 14.8. The first-order chi connectivity index (χ1) is 15.0. The van der Waals surface area contributed by atoms with Crippen LogP contribution in [0.5, 0.6) is 0 Å². The summed E-state index contributed by atoms with van der Waals surface area (Å²) in [5, 5.41) is 0.390. The molecule has 0 N–H and O–H groups in total. The van der Waals surface area contributed by atoms with E-state index in [4.69, 9.17) is 21.1 Å². The molecule has 4 rings (SSSR count). The van der Waals surface area contributed by atoms with E-state index in [0.29, 0.717) is 22.0 Å². The molecule has 0 atom stereocenters. The first-order valence-corrected chi connectivity index (χ1v) is 11.5. The Morgan fingerprint density at radius 2 is 1.45 bits per heavy atom. The highest BCUT2D eigenvalue weighted by Gasteiger charge is 2.26. The number of amides is 1. The van der Waals surface area contributed by atoms with Crippen molar-refractivity contribution in [1.29, 1.82) is 0 Å². The molecule has 1 heterocycles. The van der Waals surface area contributed by atoms with Gasteiger partial charge in [-0.3, -0.25) is 9.69 Å². The zero-order valence-corrected chi connectivity index (χ0v) is 18.1. The smallest absolute Gasteiger partial charge is 0.257 e. The maximum Gasteiger partial charge on any atom is 0.257 e. The molecule has 0 bridgehead atoms. The number of benzene rings is 3. The molecular formula is C23H20ClNO5S. The molecule has 0 radical (unpaired) electrons. The largest absolute Gasteiger partial charge is 0.374 e. The Labute approximate surface area is 185 Å². The molecular weight excluding hydrogens is 438 g/mol. The molecule has 0 aromatic heterocycles. The summed E-state index contributed by atoms with van der Waals surface area (Å²) in [5.41, 5.74) is 1.54. The minimum atomic E-state index is -3.72. The number of ether oxygens (including phenoxy) is 2. The predicted octanol–water partition coefficient (Wildman–Crippen LogP) is 4.38. The molecule has 1 amide bonds. The average molecular weight is 458 g/mol. The van der Waals surface area contributed by atoms with Crippen LogP contribution in [0.2, 0.25) is 5.02 Å². The van der Waals surface area contributed by atoms with Crippen LogP contribution in [0.15, 0.2) is 82.6 Å². The highest BCUT2D eigenvalue weighted by atomic mass is 35.5. The van der Waals surface area contributed by atoms with Crippen LogP contribution in [0.3, 0.4) is 0 Å². The van der Waals surface area contributed by atoms with Crippen LogP contribution in [0.1, 0.15) is 5.56 Å². The predicted molar refractivity (Wildman–Crippen MR) is 117 cm³/mol. The van der Waals surface area contributed by atoms with Gasteiger partial charge in [-0.05, 0) is 42.5 Å². The molecule has 0 unspecified atom stereocenters. The molecule has 31 heavy (non-hydrogen) atoms. The van der Waals surface area contributed by atoms with Gasteiger partial charge in [0.05, 0.1) is 46.0 Å². The third-order valence-corrected chi connectivity index (χ3v) is 6.94. The summed E-state index contributed by atoms with van der Waals surface area (Å²) < 4.78 is 37.3. The Bertz CT molecular complexity index is 1200. The fraction of sp³-hybridized carbons (Fsp3) is 0.174. The summed E-state index contributed by atoms with van der Waals surface area (Å²) in [5.74, 6) is -0.310. The number of anilines is 2. The number of rotatable bonds is 3. The minimum absolute atomic E-state index is 0.116. The highest BCUT2D eigenvalue weighted by molar-refractivity contribution is 7.91. The maximum absolute atomic E-state index is 13.1. The fourth-order valence-corrected chi connectivity index (χ4v) is 4.91. The molecule has 0 saturated carbocycles. The summed E-state index contributed by atoms with van der Waals surface area (Å²) in [6.45, 7) is 0.497. The van der Waals surface area contributed by atoms with Crippen molar-refractivity contribution in [3.05, 3.63) is 83.4 Å². The van der Waals surface area contributed by atoms with Gasteiger partial charge < -0.3 is 9.47 Å². The molecule has 1 aliphatic heterocycles. The van der Waals surface area contributed by atoms with Crippen LogP contribution in [-0.4, -0.2) is 34.1 Å². The van der Waals surface area contributed by atoms with Gasteiger partial charge in [0.15, 0.2) is 0 Å². The molecule has 0 fully saturated rings. The van der Waals surface area contributed by atoms with Crippen LogP contribution < -0.4 is 4.90 Å². The van der Waals surface area contributed by atoms with Crippen LogP contribution in [0.4, 0.5) is 11.4 Å². The third-order valence-electron chi connectivity index (χ3n) is 4.85. The van der Waals surface area contributed by atoms with Gasteiger partial charge in [0.1, 0.15) is 6.61 Å². The number of carbonyl (C=O) groups excluding carboxylic acids is 1. The van der Waals surface area contributed by atoms with E-state index in [1.807, 2.05) is 0 Å². The molecule has 0 saturated heterocycles. The minimum Gasteiger partial charge on any atom is -0.374 e. The number of hydrogen-bond acceptors (Lipinski definition) is 5. The molecule has 160 valence electrons. The van der Waals surface area contributed by atoms with Crippen LogP contribution in [0, 0.1) is 0 Å². The summed E-state index contributed by atoms with van der Waals surface area (Å²) in [6, 6.07) is 19.8. The second kappa shape index (κ2) is 9.20. The van der Waals surface area contributed by atoms with Gasteiger partial charge >= 0.3 is 0 Å². The van der Waals surface area contributed by atoms with Gasteiger partial charge in [0, 0.05) is 5.56 Å². The van der Waals surface area contributed by atoms with E-state index >= 15 is 0 Å². The SMILES string of the molecule is O=C1COCCOCc2cc(S(=O)(=O)c3ccccc3)ccc2N1c1ccccc1Cl. The average Bonchev–Trinajstić information content (AvgIpc) is 2.78. The summed E-state index contributed by atoms with van der Waals surface area (Å²) >= 11 is 6.38. The Hall–Kier alpha value is -2.71. The second-order valence-corrected chi connectivity index (χ2v) is 9.25. The van der Waals surface area contributed by atoms with E-state index in [2.05, 4.69) is 0 Å². The zero-order chi connectivity index (χ0) is 21.8. The highest BCUT2D eigenvalue weighted by Crippen LogP contribution is 2.36. The van der Waals surface area contributed by atoms with Crippen molar-refractivity contribution >= 4 is 38.7 Å². The third kappa shape index (κ3) is 4.50. The first kappa shape index (κ1) is 21.5. The Morgan fingerprint density at radius 3 is 2.19 bits per heavy atom. The standard InChI is InChI=1S/C23H20ClNO5S/c24-20-8-4-5-9-22(20)25-21-11-10-19(31(27,28)18-6-2-1-3-7-18)14-17(21)15-29-12-13-30-16-23(25)26/h1-11,14H,12-13,15-16H2. The first-order valence-electron chi connectivity index (χ1n) is 9.64.